The topological polar surface area (TPSA) is 36.4 Å². The molecule has 15 heavy (non-hydrogen) atoms. The van der Waals surface area contributed by atoms with Gasteiger partial charge < -0.3 is 10.0 Å². The summed E-state index contributed by atoms with van der Waals surface area (Å²) in [7, 11) is 0. The third-order valence-corrected chi connectivity index (χ3v) is 3.57. The summed E-state index contributed by atoms with van der Waals surface area (Å²) in [6, 6.07) is 1.99. The lowest BCUT2D eigenvalue weighted by Gasteiger charge is -2.31. The summed E-state index contributed by atoms with van der Waals surface area (Å²) < 4.78 is 1.96. The molecule has 2 rings (SSSR count). The molecule has 0 aliphatic carbocycles. The highest BCUT2D eigenvalue weighted by molar-refractivity contribution is 9.11. The Morgan fingerprint density at radius 3 is 2.60 bits per heavy atom. The molecule has 1 aromatic rings. The highest BCUT2D eigenvalue weighted by Crippen LogP contribution is 2.28. The Morgan fingerprint density at radius 2 is 2.00 bits per heavy atom. The zero-order valence-electron chi connectivity index (χ0n) is 8.16. The van der Waals surface area contributed by atoms with Crippen molar-refractivity contribution in [2.24, 2.45) is 0 Å². The number of aliphatic hydroxyl groups is 1. The standard InChI is InChI=1S/C10H12Br2N2O/c11-7-5-9(12)10(13-6-7)14-3-1-8(15)2-4-14/h5-6,8,15H,1-4H2. The van der Waals surface area contributed by atoms with Crippen molar-refractivity contribution in [3.8, 4) is 0 Å². The summed E-state index contributed by atoms with van der Waals surface area (Å²) >= 11 is 6.88. The van der Waals surface area contributed by atoms with Crippen molar-refractivity contribution in [1.29, 1.82) is 0 Å². The van der Waals surface area contributed by atoms with Gasteiger partial charge in [0.1, 0.15) is 5.82 Å². The summed E-state index contributed by atoms with van der Waals surface area (Å²) in [5.41, 5.74) is 0. The first-order valence-electron chi connectivity index (χ1n) is 4.91. The number of pyridine rings is 1. The maximum atomic E-state index is 9.42. The van der Waals surface area contributed by atoms with Crippen LogP contribution in [0.2, 0.25) is 0 Å². The number of hydrogen-bond donors (Lipinski definition) is 1. The average Bonchev–Trinajstić information content (AvgIpc) is 2.20. The first-order valence-corrected chi connectivity index (χ1v) is 6.49. The van der Waals surface area contributed by atoms with Crippen molar-refractivity contribution in [1.82, 2.24) is 4.98 Å². The highest BCUT2D eigenvalue weighted by Gasteiger charge is 2.19. The Bertz CT molecular complexity index is 351. The summed E-state index contributed by atoms with van der Waals surface area (Å²) in [5, 5.41) is 9.42. The molecule has 0 bridgehead atoms. The van der Waals surface area contributed by atoms with E-state index in [9.17, 15) is 5.11 Å². The normalized spacial score (nSPS) is 18.2. The van der Waals surface area contributed by atoms with Gasteiger partial charge in [0.25, 0.3) is 0 Å². The smallest absolute Gasteiger partial charge is 0.142 e. The molecule has 1 N–H and O–H groups in total. The first kappa shape index (κ1) is 11.4. The predicted molar refractivity (Wildman–Crippen MR) is 67.1 cm³/mol. The van der Waals surface area contributed by atoms with Crippen molar-refractivity contribution in [3.63, 3.8) is 0 Å². The van der Waals surface area contributed by atoms with Crippen LogP contribution in [-0.4, -0.2) is 29.3 Å². The van der Waals surface area contributed by atoms with Crippen LogP contribution in [0.3, 0.4) is 0 Å². The number of hydrogen-bond acceptors (Lipinski definition) is 3. The molecule has 82 valence electrons. The van der Waals surface area contributed by atoms with E-state index in [4.69, 9.17) is 0 Å². The number of aromatic nitrogens is 1. The van der Waals surface area contributed by atoms with Crippen LogP contribution >= 0.6 is 31.9 Å². The Kier molecular flexibility index (Phi) is 3.64. The van der Waals surface area contributed by atoms with E-state index in [1.807, 2.05) is 6.07 Å². The molecule has 0 saturated carbocycles. The van der Waals surface area contributed by atoms with E-state index >= 15 is 0 Å². The summed E-state index contributed by atoms with van der Waals surface area (Å²) in [6.45, 7) is 1.74. The van der Waals surface area contributed by atoms with Crippen LogP contribution in [0.4, 0.5) is 5.82 Å². The van der Waals surface area contributed by atoms with Crippen LogP contribution in [0.5, 0.6) is 0 Å². The summed E-state index contributed by atoms with van der Waals surface area (Å²) in [4.78, 5) is 6.57. The van der Waals surface area contributed by atoms with Crippen LogP contribution in [0.1, 0.15) is 12.8 Å². The third kappa shape index (κ3) is 2.71. The van der Waals surface area contributed by atoms with Gasteiger partial charge in [-0.25, -0.2) is 4.98 Å². The van der Waals surface area contributed by atoms with E-state index in [2.05, 4.69) is 41.7 Å². The molecule has 0 radical (unpaired) electrons. The molecule has 1 aliphatic heterocycles. The van der Waals surface area contributed by atoms with Crippen molar-refractivity contribution in [3.05, 3.63) is 21.2 Å². The molecule has 3 nitrogen and oxygen atoms in total. The Morgan fingerprint density at radius 1 is 1.33 bits per heavy atom. The van der Waals surface area contributed by atoms with Crippen LogP contribution in [0.25, 0.3) is 0 Å². The number of aliphatic hydroxyl groups excluding tert-OH is 1. The minimum absolute atomic E-state index is 0.143. The van der Waals surface area contributed by atoms with Crippen LogP contribution in [-0.2, 0) is 0 Å². The lowest BCUT2D eigenvalue weighted by molar-refractivity contribution is 0.145. The first-order chi connectivity index (χ1) is 7.16. The molecule has 1 fully saturated rings. The number of rotatable bonds is 1. The van der Waals surface area contributed by atoms with Crippen molar-refractivity contribution >= 4 is 37.7 Å². The van der Waals surface area contributed by atoms with Gasteiger partial charge in [0.05, 0.1) is 10.6 Å². The van der Waals surface area contributed by atoms with E-state index in [1.54, 1.807) is 6.20 Å². The molecular weight excluding hydrogens is 324 g/mol. The van der Waals surface area contributed by atoms with E-state index in [0.29, 0.717) is 0 Å². The monoisotopic (exact) mass is 334 g/mol. The van der Waals surface area contributed by atoms with Gasteiger partial charge in [-0.05, 0) is 50.8 Å². The van der Waals surface area contributed by atoms with Gasteiger partial charge in [-0.2, -0.15) is 0 Å². The van der Waals surface area contributed by atoms with Crippen molar-refractivity contribution in [2.45, 2.75) is 18.9 Å². The van der Waals surface area contributed by atoms with Crippen LogP contribution in [0, 0.1) is 0 Å². The minimum atomic E-state index is -0.143. The molecule has 0 atom stereocenters. The lowest BCUT2D eigenvalue weighted by Crippen LogP contribution is -2.36. The van der Waals surface area contributed by atoms with Crippen molar-refractivity contribution < 1.29 is 5.11 Å². The summed E-state index contributed by atoms with van der Waals surface area (Å²) in [5.74, 6) is 0.963. The van der Waals surface area contributed by atoms with Crippen LogP contribution < -0.4 is 4.90 Å². The van der Waals surface area contributed by atoms with Crippen molar-refractivity contribution in [2.75, 3.05) is 18.0 Å². The SMILES string of the molecule is OC1CCN(c2ncc(Br)cc2Br)CC1. The second-order valence-electron chi connectivity index (χ2n) is 3.68. The van der Waals surface area contributed by atoms with Gasteiger partial charge in [0.2, 0.25) is 0 Å². The number of nitrogens with zero attached hydrogens (tertiary/aromatic N) is 2. The van der Waals surface area contributed by atoms with Gasteiger partial charge in [-0.15, -0.1) is 0 Å². The minimum Gasteiger partial charge on any atom is -0.393 e. The van der Waals surface area contributed by atoms with E-state index < -0.39 is 0 Å². The fourth-order valence-electron chi connectivity index (χ4n) is 1.72. The zero-order chi connectivity index (χ0) is 10.8. The van der Waals surface area contributed by atoms with E-state index in [1.165, 1.54) is 0 Å². The molecule has 1 saturated heterocycles. The van der Waals surface area contributed by atoms with E-state index in [0.717, 1.165) is 40.7 Å². The molecule has 1 aromatic heterocycles. The predicted octanol–water partition coefficient (Wildman–Crippen LogP) is 2.57. The fourth-order valence-corrected chi connectivity index (χ4v) is 2.96. The quantitative estimate of drug-likeness (QED) is 0.857. The van der Waals surface area contributed by atoms with Gasteiger partial charge in [-0.3, -0.25) is 0 Å². The molecular formula is C10H12Br2N2O. The van der Waals surface area contributed by atoms with Crippen LogP contribution in [0.15, 0.2) is 21.2 Å². The Balaban J connectivity index is 2.15. The molecule has 0 spiro atoms. The number of halogens is 2. The van der Waals surface area contributed by atoms with Gasteiger partial charge >= 0.3 is 0 Å². The highest BCUT2D eigenvalue weighted by atomic mass is 79.9. The third-order valence-electron chi connectivity index (χ3n) is 2.55. The molecule has 0 unspecified atom stereocenters. The zero-order valence-corrected chi connectivity index (χ0v) is 11.3. The Labute approximate surface area is 106 Å². The number of anilines is 1. The fraction of sp³-hybridized carbons (Fsp3) is 0.500. The number of piperidine rings is 1. The molecule has 2 heterocycles. The van der Waals surface area contributed by atoms with Gasteiger partial charge in [0.15, 0.2) is 0 Å². The molecule has 5 heteroatoms. The second-order valence-corrected chi connectivity index (χ2v) is 5.45. The Hall–Kier alpha value is -0.130. The largest absolute Gasteiger partial charge is 0.393 e. The maximum absolute atomic E-state index is 9.42. The van der Waals surface area contributed by atoms with Gasteiger partial charge in [0, 0.05) is 23.8 Å². The lowest BCUT2D eigenvalue weighted by atomic mass is 10.1. The molecule has 0 amide bonds. The second kappa shape index (κ2) is 4.80. The average molecular weight is 336 g/mol. The van der Waals surface area contributed by atoms with Gasteiger partial charge in [-0.1, -0.05) is 0 Å². The maximum Gasteiger partial charge on any atom is 0.142 e. The summed E-state index contributed by atoms with van der Waals surface area (Å²) in [6.07, 6.45) is 3.30. The molecule has 0 aromatic carbocycles. The molecule has 1 aliphatic rings. The van der Waals surface area contributed by atoms with E-state index in [-0.39, 0.29) is 6.10 Å².